The maximum absolute atomic E-state index is 12.5. The molecule has 0 saturated carbocycles. The van der Waals surface area contributed by atoms with Crippen molar-refractivity contribution in [2.24, 2.45) is 5.92 Å². The molecule has 2 amide bonds. The molecule has 2 fully saturated rings. The predicted molar refractivity (Wildman–Crippen MR) is 75.6 cm³/mol. The summed E-state index contributed by atoms with van der Waals surface area (Å²) >= 11 is 0. The minimum absolute atomic E-state index is 0.0162. The molecule has 0 aromatic heterocycles. The van der Waals surface area contributed by atoms with Crippen LogP contribution in [0.5, 0.6) is 0 Å². The first kappa shape index (κ1) is 15.1. The number of aliphatic carboxylic acids is 1. The van der Waals surface area contributed by atoms with E-state index in [2.05, 4.69) is 4.90 Å². The van der Waals surface area contributed by atoms with Crippen molar-refractivity contribution >= 4 is 12.0 Å². The molecule has 2 rings (SSSR count). The zero-order valence-corrected chi connectivity index (χ0v) is 12.4. The summed E-state index contributed by atoms with van der Waals surface area (Å²) in [6.07, 6.45) is 3.60. The van der Waals surface area contributed by atoms with Gasteiger partial charge in [-0.1, -0.05) is 0 Å². The Morgan fingerprint density at radius 2 is 1.65 bits per heavy atom. The fourth-order valence-electron chi connectivity index (χ4n) is 3.10. The second-order valence-electron chi connectivity index (χ2n) is 6.11. The van der Waals surface area contributed by atoms with Crippen LogP contribution in [0.2, 0.25) is 0 Å². The van der Waals surface area contributed by atoms with Crippen molar-refractivity contribution in [3.05, 3.63) is 0 Å². The van der Waals surface area contributed by atoms with E-state index < -0.39 is 11.9 Å². The van der Waals surface area contributed by atoms with Crippen LogP contribution >= 0.6 is 0 Å². The summed E-state index contributed by atoms with van der Waals surface area (Å²) in [7, 11) is 4.08. The molecule has 2 aliphatic heterocycles. The van der Waals surface area contributed by atoms with E-state index in [0.717, 1.165) is 32.4 Å². The summed E-state index contributed by atoms with van der Waals surface area (Å²) in [5.74, 6) is -1.19. The molecule has 2 aliphatic rings. The van der Waals surface area contributed by atoms with Crippen molar-refractivity contribution in [1.82, 2.24) is 14.7 Å². The van der Waals surface area contributed by atoms with Gasteiger partial charge < -0.3 is 19.8 Å². The first-order valence-corrected chi connectivity index (χ1v) is 7.42. The Bertz CT molecular complexity index is 373. The van der Waals surface area contributed by atoms with Crippen LogP contribution in [0.1, 0.15) is 25.7 Å². The number of carbonyl (C=O) groups is 2. The summed E-state index contributed by atoms with van der Waals surface area (Å²) in [4.78, 5) is 29.4. The van der Waals surface area contributed by atoms with E-state index in [-0.39, 0.29) is 6.03 Å². The van der Waals surface area contributed by atoms with Crippen LogP contribution in [-0.2, 0) is 4.79 Å². The predicted octanol–water partition coefficient (Wildman–Crippen LogP) is 0.929. The molecule has 2 atom stereocenters. The van der Waals surface area contributed by atoms with E-state index in [4.69, 9.17) is 5.11 Å². The first-order valence-electron chi connectivity index (χ1n) is 7.42. The molecular formula is C14H25N3O3. The average molecular weight is 283 g/mol. The number of carboxylic acid groups (broad SMARTS) is 1. The van der Waals surface area contributed by atoms with E-state index in [0.29, 0.717) is 25.6 Å². The zero-order valence-electron chi connectivity index (χ0n) is 12.4. The Balaban J connectivity index is 1.94. The average Bonchev–Trinajstić information content (AvgIpc) is 2.46. The van der Waals surface area contributed by atoms with E-state index in [1.807, 2.05) is 19.0 Å². The molecule has 2 heterocycles. The molecular weight excluding hydrogens is 258 g/mol. The fourth-order valence-corrected chi connectivity index (χ4v) is 3.10. The molecule has 0 aromatic rings. The maximum Gasteiger partial charge on any atom is 0.320 e. The number of carboxylic acids is 1. The smallest absolute Gasteiger partial charge is 0.320 e. The number of likely N-dealkylation sites (N-methyl/N-ethyl adjacent to an activating group) is 1. The van der Waals surface area contributed by atoms with Crippen LogP contribution in [0.4, 0.5) is 4.79 Å². The number of rotatable bonds is 2. The summed E-state index contributed by atoms with van der Waals surface area (Å²) < 4.78 is 0. The van der Waals surface area contributed by atoms with Gasteiger partial charge in [-0.25, -0.2) is 4.79 Å². The Labute approximate surface area is 120 Å². The SMILES string of the molecule is CN(C)C1CCCN(C(=O)N2CCC[C@@H](C(=O)O)C2)C1. The largest absolute Gasteiger partial charge is 0.481 e. The minimum atomic E-state index is -0.785. The van der Waals surface area contributed by atoms with Gasteiger partial charge in [-0.05, 0) is 39.8 Å². The Hall–Kier alpha value is -1.30. The second kappa shape index (κ2) is 6.43. The fraction of sp³-hybridized carbons (Fsp3) is 0.857. The van der Waals surface area contributed by atoms with Crippen molar-refractivity contribution in [3.8, 4) is 0 Å². The number of nitrogens with zero attached hydrogens (tertiary/aromatic N) is 3. The van der Waals surface area contributed by atoms with E-state index in [9.17, 15) is 9.59 Å². The lowest BCUT2D eigenvalue weighted by Crippen LogP contribution is -2.54. The van der Waals surface area contributed by atoms with Crippen molar-refractivity contribution in [3.63, 3.8) is 0 Å². The van der Waals surface area contributed by atoms with E-state index in [1.165, 1.54) is 0 Å². The van der Waals surface area contributed by atoms with Crippen molar-refractivity contribution in [2.45, 2.75) is 31.7 Å². The molecule has 20 heavy (non-hydrogen) atoms. The molecule has 0 aromatic carbocycles. The molecule has 0 radical (unpaired) electrons. The van der Waals surface area contributed by atoms with Crippen LogP contribution in [0.15, 0.2) is 0 Å². The van der Waals surface area contributed by atoms with Gasteiger partial charge in [0.1, 0.15) is 0 Å². The molecule has 0 bridgehead atoms. The molecule has 6 heteroatoms. The highest BCUT2D eigenvalue weighted by Gasteiger charge is 2.32. The maximum atomic E-state index is 12.5. The lowest BCUT2D eigenvalue weighted by atomic mass is 9.98. The highest BCUT2D eigenvalue weighted by molar-refractivity contribution is 5.76. The minimum Gasteiger partial charge on any atom is -0.481 e. The molecule has 0 aliphatic carbocycles. The topological polar surface area (TPSA) is 64.1 Å². The third-order valence-corrected chi connectivity index (χ3v) is 4.44. The van der Waals surface area contributed by atoms with Gasteiger partial charge in [0.15, 0.2) is 0 Å². The quantitative estimate of drug-likeness (QED) is 0.819. The van der Waals surface area contributed by atoms with Gasteiger partial charge in [-0.2, -0.15) is 0 Å². The molecule has 6 nitrogen and oxygen atoms in total. The lowest BCUT2D eigenvalue weighted by Gasteiger charge is -2.40. The molecule has 114 valence electrons. The van der Waals surface area contributed by atoms with E-state index >= 15 is 0 Å². The van der Waals surface area contributed by atoms with Gasteiger partial charge in [-0.15, -0.1) is 0 Å². The summed E-state index contributed by atoms with van der Waals surface area (Å²) in [6.45, 7) is 2.58. The van der Waals surface area contributed by atoms with Gasteiger partial charge in [0.05, 0.1) is 5.92 Å². The van der Waals surface area contributed by atoms with Gasteiger partial charge >= 0.3 is 12.0 Å². The lowest BCUT2D eigenvalue weighted by molar-refractivity contribution is -0.143. The van der Waals surface area contributed by atoms with Crippen LogP contribution < -0.4 is 0 Å². The number of hydrogen-bond acceptors (Lipinski definition) is 3. The Morgan fingerprint density at radius 3 is 2.25 bits per heavy atom. The number of piperidine rings is 2. The summed E-state index contributed by atoms with van der Waals surface area (Å²) in [6, 6.07) is 0.426. The third kappa shape index (κ3) is 3.42. The van der Waals surface area contributed by atoms with Crippen molar-refractivity contribution in [2.75, 3.05) is 40.3 Å². The van der Waals surface area contributed by atoms with E-state index in [1.54, 1.807) is 4.90 Å². The monoisotopic (exact) mass is 283 g/mol. The number of carbonyl (C=O) groups excluding carboxylic acids is 1. The van der Waals surface area contributed by atoms with Gasteiger partial charge in [0, 0.05) is 32.2 Å². The highest BCUT2D eigenvalue weighted by atomic mass is 16.4. The van der Waals surface area contributed by atoms with Crippen LogP contribution in [0.3, 0.4) is 0 Å². The third-order valence-electron chi connectivity index (χ3n) is 4.44. The molecule has 0 spiro atoms. The van der Waals surface area contributed by atoms with Crippen LogP contribution in [0, 0.1) is 5.92 Å². The van der Waals surface area contributed by atoms with Gasteiger partial charge in [0.2, 0.25) is 0 Å². The van der Waals surface area contributed by atoms with Crippen LogP contribution in [0.25, 0.3) is 0 Å². The number of amides is 2. The number of hydrogen-bond donors (Lipinski definition) is 1. The van der Waals surface area contributed by atoms with Crippen molar-refractivity contribution in [1.29, 1.82) is 0 Å². The van der Waals surface area contributed by atoms with Gasteiger partial charge in [0.25, 0.3) is 0 Å². The summed E-state index contributed by atoms with van der Waals surface area (Å²) in [5.41, 5.74) is 0. The van der Waals surface area contributed by atoms with Crippen LogP contribution in [-0.4, -0.2) is 78.1 Å². The van der Waals surface area contributed by atoms with Gasteiger partial charge in [-0.3, -0.25) is 4.79 Å². The first-order chi connectivity index (χ1) is 9.49. The summed E-state index contributed by atoms with van der Waals surface area (Å²) in [5, 5.41) is 9.10. The molecule has 1 N–H and O–H groups in total. The molecule has 2 saturated heterocycles. The normalized spacial score (nSPS) is 27.8. The zero-order chi connectivity index (χ0) is 14.7. The second-order valence-corrected chi connectivity index (χ2v) is 6.11. The number of urea groups is 1. The Kier molecular flexibility index (Phi) is 4.86. The Morgan fingerprint density at radius 1 is 1.05 bits per heavy atom. The van der Waals surface area contributed by atoms with Crippen molar-refractivity contribution < 1.29 is 14.7 Å². The standard InChI is InChI=1S/C14H25N3O3/c1-15(2)12-6-4-8-17(10-12)14(20)16-7-3-5-11(9-16)13(18)19/h11-12H,3-10H2,1-2H3,(H,18,19)/t11-,12?/m1/s1. The molecule has 1 unspecified atom stereocenters. The number of likely N-dealkylation sites (tertiary alicyclic amines) is 2. The highest BCUT2D eigenvalue weighted by Crippen LogP contribution is 2.20.